The van der Waals surface area contributed by atoms with Gasteiger partial charge in [-0.05, 0) is 56.2 Å². The molecule has 0 unspecified atom stereocenters. The van der Waals surface area contributed by atoms with Gasteiger partial charge in [0.05, 0.1) is 0 Å². The maximum absolute atomic E-state index is 11.6. The zero-order valence-electron chi connectivity index (χ0n) is 10.8. The van der Waals surface area contributed by atoms with Gasteiger partial charge in [0, 0.05) is 5.56 Å². The predicted octanol–water partition coefficient (Wildman–Crippen LogP) is 2.45. The summed E-state index contributed by atoms with van der Waals surface area (Å²) in [5.74, 6) is -0.397. The number of fused-ring (bicyclic) bond motifs is 1. The molecule has 0 bridgehead atoms. The van der Waals surface area contributed by atoms with Crippen LogP contribution in [-0.4, -0.2) is 10.2 Å². The number of rotatable bonds is 1. The molecule has 0 aromatic heterocycles. The number of hydrogen-bond acceptors (Lipinski definition) is 3. The van der Waals surface area contributed by atoms with Gasteiger partial charge in [0.15, 0.2) is 5.75 Å². The molecule has 0 radical (unpaired) electrons. The molecule has 3 nitrogen and oxygen atoms in total. The van der Waals surface area contributed by atoms with Crippen molar-refractivity contribution in [2.24, 2.45) is 5.92 Å². The molecule has 0 saturated heterocycles. The fraction of sp³-hybridized carbons (Fsp3) is 0.400. The van der Waals surface area contributed by atoms with Gasteiger partial charge in [0.1, 0.15) is 0 Å². The summed E-state index contributed by atoms with van der Waals surface area (Å²) in [6.07, 6.45) is 2.34. The van der Waals surface area contributed by atoms with Crippen molar-refractivity contribution in [1.82, 2.24) is 0 Å². The van der Waals surface area contributed by atoms with Gasteiger partial charge in [0.25, 0.3) is 0 Å². The van der Waals surface area contributed by atoms with E-state index in [0.717, 1.165) is 29.5 Å². The molecule has 2 rings (SSSR count). The molecule has 3 heteroatoms. The van der Waals surface area contributed by atoms with Gasteiger partial charge in [-0.2, -0.15) is 0 Å². The Kier molecular flexibility index (Phi) is 3.16. The van der Waals surface area contributed by atoms with E-state index in [9.17, 15) is 15.0 Å². The molecule has 0 aliphatic heterocycles. The van der Waals surface area contributed by atoms with E-state index in [1.807, 2.05) is 13.8 Å². The summed E-state index contributed by atoms with van der Waals surface area (Å²) in [5, 5.41) is 19.6. The number of allylic oxidation sites excluding steroid dienone is 1. The first-order chi connectivity index (χ1) is 8.41. The second-order valence-corrected chi connectivity index (χ2v) is 5.13. The number of aromatic hydroxyl groups is 2. The Morgan fingerprint density at radius 3 is 2.61 bits per heavy atom. The van der Waals surface area contributed by atoms with Gasteiger partial charge in [-0.3, -0.25) is 4.79 Å². The van der Waals surface area contributed by atoms with E-state index in [2.05, 4.69) is 6.58 Å². The maximum atomic E-state index is 11.6. The molecule has 18 heavy (non-hydrogen) atoms. The third kappa shape index (κ3) is 2.01. The summed E-state index contributed by atoms with van der Waals surface area (Å²) in [5.41, 5.74) is 3.12. The van der Waals surface area contributed by atoms with Gasteiger partial charge >= 0.3 is 0 Å². The Balaban J connectivity index is 2.66. The minimum atomic E-state index is -0.534. The molecule has 0 amide bonds. The van der Waals surface area contributed by atoms with Gasteiger partial charge < -0.3 is 10.2 Å². The highest BCUT2D eigenvalue weighted by Gasteiger charge is 2.24. The van der Waals surface area contributed by atoms with E-state index < -0.39 is 11.2 Å². The lowest BCUT2D eigenvalue weighted by Gasteiger charge is -2.25. The lowest BCUT2D eigenvalue weighted by molar-refractivity contribution is 0.392. The van der Waals surface area contributed by atoms with Crippen molar-refractivity contribution in [3.8, 4) is 11.5 Å². The lowest BCUT2D eigenvalue weighted by atomic mass is 9.80. The van der Waals surface area contributed by atoms with Crippen LogP contribution in [0.3, 0.4) is 0 Å². The monoisotopic (exact) mass is 246 g/mol. The Bertz CT molecular complexity index is 573. The molecular formula is C15H18O3. The van der Waals surface area contributed by atoms with Crippen molar-refractivity contribution in [3.63, 3.8) is 0 Å². The summed E-state index contributed by atoms with van der Waals surface area (Å²) >= 11 is 0. The second kappa shape index (κ2) is 4.48. The summed E-state index contributed by atoms with van der Waals surface area (Å²) in [4.78, 5) is 11.6. The minimum Gasteiger partial charge on any atom is -0.504 e. The van der Waals surface area contributed by atoms with Crippen LogP contribution in [0.1, 0.15) is 30.0 Å². The second-order valence-electron chi connectivity index (χ2n) is 5.13. The number of aryl methyl sites for hydroxylation is 1. The molecule has 1 aromatic carbocycles. The van der Waals surface area contributed by atoms with Gasteiger partial charge in [-0.25, -0.2) is 0 Å². The van der Waals surface area contributed by atoms with Crippen LogP contribution < -0.4 is 5.43 Å². The molecule has 1 aliphatic carbocycles. The smallest absolute Gasteiger partial charge is 0.224 e. The van der Waals surface area contributed by atoms with Crippen LogP contribution in [-0.2, 0) is 12.8 Å². The van der Waals surface area contributed by atoms with Crippen LogP contribution in [0.5, 0.6) is 11.5 Å². The first-order valence-corrected chi connectivity index (χ1v) is 6.14. The van der Waals surface area contributed by atoms with Crippen molar-refractivity contribution >= 4 is 0 Å². The fourth-order valence-electron chi connectivity index (χ4n) is 2.63. The SMILES string of the molecule is C=C(C)[C@@H]1CCc2c(O)c(O)c(=O)cc(C)c2C1. The fourth-order valence-corrected chi connectivity index (χ4v) is 2.63. The van der Waals surface area contributed by atoms with Crippen LogP contribution in [0.2, 0.25) is 0 Å². The zero-order chi connectivity index (χ0) is 13.4. The molecule has 0 fully saturated rings. The van der Waals surface area contributed by atoms with E-state index >= 15 is 0 Å². The highest BCUT2D eigenvalue weighted by molar-refractivity contribution is 5.51. The molecule has 1 aliphatic rings. The molecule has 96 valence electrons. The third-order valence-electron chi connectivity index (χ3n) is 3.82. The van der Waals surface area contributed by atoms with Crippen LogP contribution >= 0.6 is 0 Å². The van der Waals surface area contributed by atoms with Crippen LogP contribution in [0.25, 0.3) is 0 Å². The van der Waals surface area contributed by atoms with Gasteiger partial charge in [0.2, 0.25) is 11.2 Å². The van der Waals surface area contributed by atoms with Gasteiger partial charge in [-0.1, -0.05) is 12.2 Å². The minimum absolute atomic E-state index is 0.247. The summed E-state index contributed by atoms with van der Waals surface area (Å²) in [7, 11) is 0. The van der Waals surface area contributed by atoms with Crippen LogP contribution in [0, 0.1) is 12.8 Å². The first-order valence-electron chi connectivity index (χ1n) is 6.14. The van der Waals surface area contributed by atoms with Crippen LogP contribution in [0.15, 0.2) is 23.0 Å². The molecule has 0 saturated carbocycles. The molecule has 1 aromatic rings. The highest BCUT2D eigenvalue weighted by atomic mass is 16.3. The largest absolute Gasteiger partial charge is 0.504 e. The Labute approximate surface area is 106 Å². The van der Waals surface area contributed by atoms with Crippen molar-refractivity contribution in [2.75, 3.05) is 0 Å². The van der Waals surface area contributed by atoms with E-state index in [0.29, 0.717) is 17.9 Å². The third-order valence-corrected chi connectivity index (χ3v) is 3.82. The maximum Gasteiger partial charge on any atom is 0.224 e. The summed E-state index contributed by atoms with van der Waals surface area (Å²) in [6, 6.07) is 1.40. The Morgan fingerprint density at radius 2 is 2.00 bits per heavy atom. The highest BCUT2D eigenvalue weighted by Crippen LogP contribution is 2.37. The molecule has 0 heterocycles. The standard InChI is InChI=1S/C15H18O3/c1-8(2)10-4-5-11-12(7-10)9(3)6-13(16)15(18)14(11)17/h6,10H,1,4-5,7H2,2-3H3,(H2,16,17,18)/t10-/m1/s1. The van der Waals surface area contributed by atoms with Crippen molar-refractivity contribution in [3.05, 3.63) is 45.1 Å². The normalized spacial score (nSPS) is 18.2. The quantitative estimate of drug-likeness (QED) is 0.748. The lowest BCUT2D eigenvalue weighted by Crippen LogP contribution is -2.15. The average Bonchev–Trinajstić information content (AvgIpc) is 2.42. The van der Waals surface area contributed by atoms with Crippen molar-refractivity contribution in [2.45, 2.75) is 33.1 Å². The molecule has 2 N–H and O–H groups in total. The van der Waals surface area contributed by atoms with Gasteiger partial charge in [-0.15, -0.1) is 0 Å². The van der Waals surface area contributed by atoms with Crippen molar-refractivity contribution < 1.29 is 10.2 Å². The topological polar surface area (TPSA) is 57.5 Å². The van der Waals surface area contributed by atoms with E-state index in [1.54, 1.807) is 0 Å². The molecular weight excluding hydrogens is 228 g/mol. The van der Waals surface area contributed by atoms with E-state index in [4.69, 9.17) is 0 Å². The summed E-state index contributed by atoms with van der Waals surface area (Å²) in [6.45, 7) is 7.83. The van der Waals surface area contributed by atoms with E-state index in [1.165, 1.54) is 6.07 Å². The van der Waals surface area contributed by atoms with Crippen molar-refractivity contribution in [1.29, 1.82) is 0 Å². The molecule has 0 spiro atoms. The zero-order valence-corrected chi connectivity index (χ0v) is 10.8. The first kappa shape index (κ1) is 12.7. The Morgan fingerprint density at radius 1 is 1.33 bits per heavy atom. The van der Waals surface area contributed by atoms with Crippen LogP contribution in [0.4, 0.5) is 0 Å². The summed E-state index contributed by atoms with van der Waals surface area (Å²) < 4.78 is 0. The van der Waals surface area contributed by atoms with E-state index in [-0.39, 0.29) is 5.75 Å². The predicted molar refractivity (Wildman–Crippen MR) is 71.1 cm³/mol. The Hall–Kier alpha value is -1.77. The average molecular weight is 246 g/mol. The number of hydrogen-bond donors (Lipinski definition) is 2. The molecule has 1 atom stereocenters.